The Morgan fingerprint density at radius 2 is 1.32 bits per heavy atom. The largest absolute Gasteiger partial charge is 0.416 e. The van der Waals surface area contributed by atoms with Crippen LogP contribution in [0.25, 0.3) is 0 Å². The predicted molar refractivity (Wildman–Crippen MR) is 67.5 cm³/mol. The van der Waals surface area contributed by atoms with Crippen molar-refractivity contribution in [3.05, 3.63) is 59.0 Å². The van der Waals surface area contributed by atoms with Crippen LogP contribution in [-0.4, -0.2) is 0 Å². The van der Waals surface area contributed by atoms with E-state index < -0.39 is 11.7 Å². The lowest BCUT2D eigenvalue weighted by Crippen LogP contribution is -2.03. The predicted octanol–water partition coefficient (Wildman–Crippen LogP) is 5.25. The van der Waals surface area contributed by atoms with Crippen LogP contribution < -0.4 is 0 Å². The summed E-state index contributed by atoms with van der Waals surface area (Å²) in [5.41, 5.74) is -0.353. The van der Waals surface area contributed by atoms with Gasteiger partial charge in [-0.15, -0.1) is 4.91 Å². The van der Waals surface area contributed by atoms with Crippen molar-refractivity contribution in [3.8, 4) is 0 Å². The first-order valence-electron chi connectivity index (χ1n) is 5.27. The zero-order valence-corrected chi connectivity index (χ0v) is 10.3. The van der Waals surface area contributed by atoms with E-state index in [1.54, 1.807) is 24.3 Å². The van der Waals surface area contributed by atoms with Crippen LogP contribution in [0.1, 0.15) is 5.56 Å². The fraction of sp³-hybridized carbons (Fsp3) is 0.0769. The summed E-state index contributed by atoms with van der Waals surface area (Å²) in [6, 6.07) is 11.4. The van der Waals surface area contributed by atoms with Crippen LogP contribution in [0.4, 0.5) is 18.9 Å². The number of benzene rings is 2. The molecule has 6 heteroatoms. The molecule has 0 atom stereocenters. The normalized spacial score (nSPS) is 11.3. The fourth-order valence-corrected chi connectivity index (χ4v) is 2.24. The molecule has 0 bridgehead atoms. The van der Waals surface area contributed by atoms with Gasteiger partial charge in [0.1, 0.15) is 5.69 Å². The molecule has 98 valence electrons. The molecule has 0 unspecified atom stereocenters. The maximum atomic E-state index is 12.4. The van der Waals surface area contributed by atoms with Crippen molar-refractivity contribution in [2.24, 2.45) is 5.18 Å². The van der Waals surface area contributed by atoms with Gasteiger partial charge in [-0.25, -0.2) is 0 Å². The Balaban J connectivity index is 2.12. The second-order valence-electron chi connectivity index (χ2n) is 3.71. The van der Waals surface area contributed by atoms with Gasteiger partial charge in [-0.05, 0) is 53.7 Å². The summed E-state index contributed by atoms with van der Waals surface area (Å²) in [6.07, 6.45) is -4.32. The molecule has 0 fully saturated rings. The summed E-state index contributed by atoms with van der Waals surface area (Å²) in [5, 5.41) is 2.77. The zero-order chi connectivity index (χ0) is 13.9. The SMILES string of the molecule is O=Nc1ccc(Sc2ccc(C(F)(F)F)cc2)cc1. The van der Waals surface area contributed by atoms with Crippen molar-refractivity contribution in [1.82, 2.24) is 0 Å². The lowest BCUT2D eigenvalue weighted by atomic mass is 10.2. The van der Waals surface area contributed by atoms with Crippen LogP contribution in [0.2, 0.25) is 0 Å². The van der Waals surface area contributed by atoms with Crippen LogP contribution in [0, 0.1) is 4.91 Å². The monoisotopic (exact) mass is 283 g/mol. The Bertz CT molecular complexity index is 564. The van der Waals surface area contributed by atoms with Gasteiger partial charge in [-0.2, -0.15) is 13.2 Å². The topological polar surface area (TPSA) is 29.4 Å². The lowest BCUT2D eigenvalue weighted by molar-refractivity contribution is -0.137. The first-order chi connectivity index (χ1) is 8.99. The number of nitrogens with zero attached hydrogens (tertiary/aromatic N) is 1. The highest BCUT2D eigenvalue weighted by Crippen LogP contribution is 2.33. The molecule has 0 amide bonds. The average molecular weight is 283 g/mol. The number of halogens is 3. The van der Waals surface area contributed by atoms with Crippen LogP contribution in [-0.2, 0) is 6.18 Å². The second-order valence-corrected chi connectivity index (χ2v) is 4.86. The van der Waals surface area contributed by atoms with E-state index in [4.69, 9.17) is 0 Å². The van der Waals surface area contributed by atoms with Crippen molar-refractivity contribution >= 4 is 17.4 Å². The highest BCUT2D eigenvalue weighted by Gasteiger charge is 2.29. The number of hydrogen-bond donors (Lipinski definition) is 0. The molecular weight excluding hydrogens is 275 g/mol. The Hall–Kier alpha value is -1.82. The first kappa shape index (κ1) is 13.6. The van der Waals surface area contributed by atoms with E-state index in [-0.39, 0.29) is 0 Å². The number of alkyl halides is 3. The van der Waals surface area contributed by atoms with Gasteiger partial charge in [0.15, 0.2) is 0 Å². The molecule has 0 aromatic heterocycles. The molecule has 0 heterocycles. The molecule has 2 aromatic carbocycles. The summed E-state index contributed by atoms with van der Waals surface area (Å²) in [4.78, 5) is 11.8. The van der Waals surface area contributed by atoms with Gasteiger partial charge in [0.25, 0.3) is 0 Å². The second kappa shape index (κ2) is 5.44. The van der Waals surface area contributed by atoms with Crippen LogP contribution in [0.5, 0.6) is 0 Å². The van der Waals surface area contributed by atoms with E-state index in [1.165, 1.54) is 23.9 Å². The smallest absolute Gasteiger partial charge is 0.166 e. The summed E-state index contributed by atoms with van der Waals surface area (Å²) in [6.45, 7) is 0. The van der Waals surface area contributed by atoms with Gasteiger partial charge >= 0.3 is 6.18 Å². The van der Waals surface area contributed by atoms with Crippen LogP contribution in [0.15, 0.2) is 63.5 Å². The summed E-state index contributed by atoms with van der Waals surface area (Å²) in [7, 11) is 0. The lowest BCUT2D eigenvalue weighted by Gasteiger charge is -2.07. The minimum Gasteiger partial charge on any atom is -0.166 e. The Morgan fingerprint density at radius 1 is 0.842 bits per heavy atom. The van der Waals surface area contributed by atoms with Gasteiger partial charge in [0, 0.05) is 9.79 Å². The Morgan fingerprint density at radius 3 is 1.74 bits per heavy atom. The third-order valence-electron chi connectivity index (χ3n) is 2.36. The van der Waals surface area contributed by atoms with E-state index in [9.17, 15) is 18.1 Å². The molecule has 0 N–H and O–H groups in total. The molecule has 19 heavy (non-hydrogen) atoms. The first-order valence-corrected chi connectivity index (χ1v) is 6.09. The molecule has 0 saturated carbocycles. The van der Waals surface area contributed by atoms with E-state index in [1.807, 2.05) is 0 Å². The molecule has 0 aliphatic carbocycles. The maximum absolute atomic E-state index is 12.4. The molecule has 0 aliphatic heterocycles. The van der Waals surface area contributed by atoms with Crippen molar-refractivity contribution in [2.75, 3.05) is 0 Å². The van der Waals surface area contributed by atoms with E-state index in [0.717, 1.165) is 17.0 Å². The van der Waals surface area contributed by atoms with Crippen molar-refractivity contribution in [3.63, 3.8) is 0 Å². The van der Waals surface area contributed by atoms with E-state index in [2.05, 4.69) is 5.18 Å². The van der Waals surface area contributed by atoms with Crippen molar-refractivity contribution in [2.45, 2.75) is 16.0 Å². The quantitative estimate of drug-likeness (QED) is 0.719. The molecule has 0 spiro atoms. The number of rotatable bonds is 3. The molecule has 2 rings (SSSR count). The maximum Gasteiger partial charge on any atom is 0.416 e. The van der Waals surface area contributed by atoms with Crippen molar-refractivity contribution < 1.29 is 13.2 Å². The third kappa shape index (κ3) is 3.57. The fourth-order valence-electron chi connectivity index (χ4n) is 1.42. The Labute approximate surface area is 111 Å². The standard InChI is InChI=1S/C13H8F3NOS/c14-13(15,16)9-1-5-11(6-2-9)19-12-7-3-10(17-18)4-8-12/h1-8H. The highest BCUT2D eigenvalue weighted by atomic mass is 32.2. The van der Waals surface area contributed by atoms with Gasteiger partial charge < -0.3 is 0 Å². The highest BCUT2D eigenvalue weighted by molar-refractivity contribution is 7.99. The van der Waals surface area contributed by atoms with E-state index >= 15 is 0 Å². The summed E-state index contributed by atoms with van der Waals surface area (Å²) < 4.78 is 37.1. The summed E-state index contributed by atoms with van der Waals surface area (Å²) >= 11 is 1.32. The minimum absolute atomic E-state index is 0.316. The van der Waals surface area contributed by atoms with Crippen LogP contribution in [0.3, 0.4) is 0 Å². The molecular formula is C13H8F3NOS. The molecule has 0 saturated heterocycles. The van der Waals surface area contributed by atoms with Gasteiger partial charge in [0.05, 0.1) is 5.56 Å². The number of nitroso groups, excluding NO2 is 1. The van der Waals surface area contributed by atoms with Gasteiger partial charge in [-0.3, -0.25) is 0 Å². The van der Waals surface area contributed by atoms with Gasteiger partial charge in [-0.1, -0.05) is 11.8 Å². The van der Waals surface area contributed by atoms with Crippen molar-refractivity contribution in [1.29, 1.82) is 0 Å². The molecule has 2 aromatic rings. The molecule has 2 nitrogen and oxygen atoms in total. The minimum atomic E-state index is -4.32. The van der Waals surface area contributed by atoms with Crippen LogP contribution >= 0.6 is 11.8 Å². The zero-order valence-electron chi connectivity index (χ0n) is 9.52. The number of hydrogen-bond acceptors (Lipinski definition) is 3. The van der Waals surface area contributed by atoms with Gasteiger partial charge in [0.2, 0.25) is 0 Å². The summed E-state index contributed by atoms with van der Waals surface area (Å²) in [5.74, 6) is 0. The molecule has 0 radical (unpaired) electrons. The third-order valence-corrected chi connectivity index (χ3v) is 3.38. The molecule has 0 aliphatic rings. The van der Waals surface area contributed by atoms with E-state index in [0.29, 0.717) is 10.6 Å². The Kier molecular flexibility index (Phi) is 3.90. The average Bonchev–Trinajstić information content (AvgIpc) is 2.39.